The number of nitrogens with one attached hydrogen (secondary N) is 1. The van der Waals surface area contributed by atoms with Gasteiger partial charge >= 0.3 is 5.69 Å². The van der Waals surface area contributed by atoms with Crippen LogP contribution in [0, 0.1) is 15.9 Å². The zero-order chi connectivity index (χ0) is 20.4. The summed E-state index contributed by atoms with van der Waals surface area (Å²) in [5.41, 5.74) is 0.742. The van der Waals surface area contributed by atoms with Gasteiger partial charge in [-0.05, 0) is 31.0 Å². The monoisotopic (exact) mass is 418 g/mol. The molecule has 1 fully saturated rings. The summed E-state index contributed by atoms with van der Waals surface area (Å²) in [6.45, 7) is 0.903. The van der Waals surface area contributed by atoms with Crippen molar-refractivity contribution in [3.05, 3.63) is 57.6 Å². The number of halogens is 2. The van der Waals surface area contributed by atoms with E-state index < -0.39 is 10.7 Å². The van der Waals surface area contributed by atoms with Crippen LogP contribution in [0.4, 0.5) is 21.6 Å². The van der Waals surface area contributed by atoms with Crippen LogP contribution in [0.2, 0.25) is 5.02 Å². The van der Waals surface area contributed by atoms with Crippen LogP contribution in [0.15, 0.2) is 36.7 Å². The van der Waals surface area contributed by atoms with Crippen LogP contribution >= 0.6 is 11.6 Å². The highest BCUT2D eigenvalue weighted by Gasteiger charge is 2.22. The van der Waals surface area contributed by atoms with Gasteiger partial charge in [-0.3, -0.25) is 10.1 Å². The molecule has 10 heteroatoms. The third-order valence-corrected chi connectivity index (χ3v) is 4.83. The Kier molecular flexibility index (Phi) is 5.41. The van der Waals surface area contributed by atoms with Gasteiger partial charge in [0.25, 0.3) is 0 Å². The standard InChI is InChI=1S/C19H16ClFN4O4/c20-14-6-11(3-4-15(14)21)24-19-13-7-17(25(26)27)18(8-16(13)22-10-23-19)29-9-12-2-1-5-28-12/h3-4,6-8,10,12H,1-2,5,9H2,(H,22,23,24)/t12-/m1/s1. The fourth-order valence-corrected chi connectivity index (χ4v) is 3.28. The molecule has 0 spiro atoms. The van der Waals surface area contributed by atoms with Crippen LogP contribution in [-0.4, -0.2) is 34.2 Å². The molecule has 0 unspecified atom stereocenters. The predicted molar refractivity (Wildman–Crippen MR) is 105 cm³/mol. The third-order valence-electron chi connectivity index (χ3n) is 4.54. The van der Waals surface area contributed by atoms with Gasteiger partial charge < -0.3 is 14.8 Å². The van der Waals surface area contributed by atoms with E-state index in [2.05, 4.69) is 15.3 Å². The molecule has 8 nitrogen and oxygen atoms in total. The van der Waals surface area contributed by atoms with Crippen molar-refractivity contribution in [2.24, 2.45) is 0 Å². The molecule has 0 saturated carbocycles. The molecule has 29 heavy (non-hydrogen) atoms. The summed E-state index contributed by atoms with van der Waals surface area (Å²) in [7, 11) is 0. The Morgan fingerprint density at radius 1 is 1.34 bits per heavy atom. The van der Waals surface area contributed by atoms with Crippen LogP contribution in [0.25, 0.3) is 10.9 Å². The molecule has 1 atom stereocenters. The molecule has 0 aliphatic carbocycles. The van der Waals surface area contributed by atoms with Crippen molar-refractivity contribution in [2.75, 3.05) is 18.5 Å². The lowest BCUT2D eigenvalue weighted by Crippen LogP contribution is -2.16. The summed E-state index contributed by atoms with van der Waals surface area (Å²) in [5, 5.41) is 14.9. The van der Waals surface area contributed by atoms with E-state index in [1.165, 1.54) is 36.7 Å². The molecule has 2 aromatic carbocycles. The molecule has 1 aromatic heterocycles. The quantitative estimate of drug-likeness (QED) is 0.460. The first kappa shape index (κ1) is 19.3. The molecule has 4 rings (SSSR count). The lowest BCUT2D eigenvalue weighted by Gasteiger charge is -2.13. The van der Waals surface area contributed by atoms with Gasteiger partial charge in [0.05, 0.1) is 27.0 Å². The fraction of sp³-hybridized carbons (Fsp3) is 0.263. The number of ether oxygens (including phenoxy) is 2. The molecular weight excluding hydrogens is 403 g/mol. The SMILES string of the molecule is O=[N+]([O-])c1cc2c(Nc3ccc(F)c(Cl)c3)ncnc2cc1OC[C@H]1CCCO1. The Morgan fingerprint density at radius 2 is 2.21 bits per heavy atom. The third kappa shape index (κ3) is 4.20. The van der Waals surface area contributed by atoms with Gasteiger partial charge in [-0.1, -0.05) is 11.6 Å². The van der Waals surface area contributed by atoms with Crippen molar-refractivity contribution in [3.63, 3.8) is 0 Å². The molecule has 1 N–H and O–H groups in total. The molecule has 150 valence electrons. The summed E-state index contributed by atoms with van der Waals surface area (Å²) >= 11 is 5.81. The zero-order valence-corrected chi connectivity index (χ0v) is 15.9. The van der Waals surface area contributed by atoms with E-state index in [9.17, 15) is 14.5 Å². The van der Waals surface area contributed by atoms with Crippen molar-refractivity contribution < 1.29 is 18.8 Å². The molecule has 0 radical (unpaired) electrons. The minimum atomic E-state index is -0.548. The normalized spacial score (nSPS) is 16.1. The highest BCUT2D eigenvalue weighted by molar-refractivity contribution is 6.31. The van der Waals surface area contributed by atoms with E-state index in [4.69, 9.17) is 21.1 Å². The second-order valence-electron chi connectivity index (χ2n) is 6.52. The van der Waals surface area contributed by atoms with E-state index in [1.54, 1.807) is 0 Å². The maximum Gasteiger partial charge on any atom is 0.311 e. The number of hydrogen-bond acceptors (Lipinski definition) is 7. The second-order valence-corrected chi connectivity index (χ2v) is 6.92. The summed E-state index contributed by atoms with van der Waals surface area (Å²) in [5.74, 6) is -0.104. The average Bonchev–Trinajstić information content (AvgIpc) is 3.22. The molecule has 2 heterocycles. The largest absolute Gasteiger partial charge is 0.484 e. The summed E-state index contributed by atoms with van der Waals surface area (Å²) in [6.07, 6.45) is 3.06. The maximum absolute atomic E-state index is 13.4. The lowest BCUT2D eigenvalue weighted by atomic mass is 10.2. The number of fused-ring (bicyclic) bond motifs is 1. The molecule has 0 amide bonds. The Bertz CT molecular complexity index is 1080. The van der Waals surface area contributed by atoms with Crippen LogP contribution < -0.4 is 10.1 Å². The topological polar surface area (TPSA) is 99.4 Å². The first-order valence-electron chi connectivity index (χ1n) is 8.91. The minimum absolute atomic E-state index is 0.0517. The summed E-state index contributed by atoms with van der Waals surface area (Å²) < 4.78 is 24.5. The molecule has 3 aromatic rings. The van der Waals surface area contributed by atoms with Crippen molar-refractivity contribution in [3.8, 4) is 5.75 Å². The highest BCUT2D eigenvalue weighted by Crippen LogP contribution is 2.35. The number of anilines is 2. The van der Waals surface area contributed by atoms with Crippen LogP contribution in [0.1, 0.15) is 12.8 Å². The van der Waals surface area contributed by atoms with E-state index in [0.717, 1.165) is 12.8 Å². The van der Waals surface area contributed by atoms with Gasteiger partial charge in [0.15, 0.2) is 5.75 Å². The Morgan fingerprint density at radius 3 is 2.93 bits per heavy atom. The molecule has 1 aliphatic heterocycles. The van der Waals surface area contributed by atoms with Gasteiger partial charge in [0, 0.05) is 24.4 Å². The van der Waals surface area contributed by atoms with E-state index in [1.807, 2.05) is 0 Å². The number of nitro groups is 1. The van der Waals surface area contributed by atoms with Gasteiger partial charge in [-0.25, -0.2) is 14.4 Å². The fourth-order valence-electron chi connectivity index (χ4n) is 3.10. The Labute approximate surface area is 169 Å². The Balaban J connectivity index is 1.68. The Hall–Kier alpha value is -3.04. The van der Waals surface area contributed by atoms with Crippen LogP contribution in [0.5, 0.6) is 5.75 Å². The molecule has 1 aliphatic rings. The number of nitrogens with zero attached hydrogens (tertiary/aromatic N) is 3. The first-order valence-corrected chi connectivity index (χ1v) is 9.28. The zero-order valence-electron chi connectivity index (χ0n) is 15.1. The lowest BCUT2D eigenvalue weighted by molar-refractivity contribution is -0.385. The van der Waals surface area contributed by atoms with Crippen molar-refractivity contribution >= 4 is 39.7 Å². The highest BCUT2D eigenvalue weighted by atomic mass is 35.5. The minimum Gasteiger partial charge on any atom is -0.484 e. The van der Waals surface area contributed by atoms with E-state index in [-0.39, 0.29) is 29.2 Å². The van der Waals surface area contributed by atoms with Gasteiger partial charge in [0.2, 0.25) is 0 Å². The molecule has 1 saturated heterocycles. The van der Waals surface area contributed by atoms with E-state index >= 15 is 0 Å². The first-order chi connectivity index (χ1) is 14.0. The van der Waals surface area contributed by atoms with Crippen molar-refractivity contribution in [1.82, 2.24) is 9.97 Å². The summed E-state index contributed by atoms with van der Waals surface area (Å²) in [4.78, 5) is 19.4. The van der Waals surface area contributed by atoms with E-state index in [0.29, 0.717) is 29.0 Å². The summed E-state index contributed by atoms with van der Waals surface area (Å²) in [6, 6.07) is 6.97. The molecule has 0 bridgehead atoms. The number of benzene rings is 2. The number of hydrogen-bond donors (Lipinski definition) is 1. The predicted octanol–water partition coefficient (Wildman–Crippen LogP) is 4.63. The van der Waals surface area contributed by atoms with Gasteiger partial charge in [-0.2, -0.15) is 0 Å². The second kappa shape index (κ2) is 8.14. The van der Waals surface area contributed by atoms with Crippen molar-refractivity contribution in [1.29, 1.82) is 0 Å². The number of nitro benzene ring substituents is 1. The van der Waals surface area contributed by atoms with Gasteiger partial charge in [-0.15, -0.1) is 0 Å². The van der Waals surface area contributed by atoms with Crippen molar-refractivity contribution in [2.45, 2.75) is 18.9 Å². The smallest absolute Gasteiger partial charge is 0.311 e. The maximum atomic E-state index is 13.4. The molecular formula is C19H16ClFN4O4. The average molecular weight is 419 g/mol. The van der Waals surface area contributed by atoms with Gasteiger partial charge in [0.1, 0.15) is 24.6 Å². The number of aromatic nitrogens is 2. The van der Waals surface area contributed by atoms with Crippen LogP contribution in [-0.2, 0) is 4.74 Å². The van der Waals surface area contributed by atoms with Crippen LogP contribution in [0.3, 0.4) is 0 Å². The number of rotatable bonds is 6.